The number of hydrogen-bond donors (Lipinski definition) is 1. The van der Waals surface area contributed by atoms with Crippen LogP contribution in [0.4, 0.5) is 13.2 Å². The van der Waals surface area contributed by atoms with Crippen molar-refractivity contribution >= 4 is 5.65 Å². The summed E-state index contributed by atoms with van der Waals surface area (Å²) in [6, 6.07) is 5.92. The molecule has 4 rings (SSSR count). The van der Waals surface area contributed by atoms with Gasteiger partial charge in [-0.1, -0.05) is 12.1 Å². The van der Waals surface area contributed by atoms with E-state index in [-0.39, 0.29) is 5.75 Å². The molecule has 0 spiro atoms. The standard InChI is InChI=1S/C19H19F3N4O/c20-19(21,22)27-16-3-1-2-14(9-16)17-10-25-18-11-24-15(12-26(17)18)8-13-4-6-23-7-5-13/h1-3,9-13,23H,4-8H2. The fraction of sp³-hybridized carbons (Fsp3) is 0.368. The largest absolute Gasteiger partial charge is 0.573 e. The van der Waals surface area contributed by atoms with Gasteiger partial charge in [0.15, 0.2) is 5.65 Å². The summed E-state index contributed by atoms with van der Waals surface area (Å²) in [5.74, 6) is 0.339. The van der Waals surface area contributed by atoms with Crippen LogP contribution in [-0.2, 0) is 6.42 Å². The summed E-state index contributed by atoms with van der Waals surface area (Å²) in [6.07, 6.45) is 3.67. The highest BCUT2D eigenvalue weighted by Crippen LogP contribution is 2.28. The number of fused-ring (bicyclic) bond motifs is 1. The molecule has 0 aliphatic carbocycles. The van der Waals surface area contributed by atoms with Gasteiger partial charge < -0.3 is 10.1 Å². The van der Waals surface area contributed by atoms with Crippen molar-refractivity contribution in [1.82, 2.24) is 19.7 Å². The number of ether oxygens (including phenoxy) is 1. The van der Waals surface area contributed by atoms with E-state index in [0.717, 1.165) is 38.0 Å². The normalized spacial score (nSPS) is 16.0. The van der Waals surface area contributed by atoms with Gasteiger partial charge in [0.1, 0.15) is 5.75 Å². The van der Waals surface area contributed by atoms with Crippen molar-refractivity contribution in [3.05, 3.63) is 48.5 Å². The first-order valence-corrected chi connectivity index (χ1v) is 8.87. The SMILES string of the molecule is FC(F)(F)Oc1cccc(-c2cnc3cnc(CC4CCNCC4)cn23)c1. The fourth-order valence-corrected chi connectivity index (χ4v) is 3.48. The zero-order valence-electron chi connectivity index (χ0n) is 14.5. The topological polar surface area (TPSA) is 51.5 Å². The number of hydrogen-bond acceptors (Lipinski definition) is 4. The molecule has 1 aliphatic heterocycles. The maximum absolute atomic E-state index is 12.5. The lowest BCUT2D eigenvalue weighted by Crippen LogP contribution is -2.28. The van der Waals surface area contributed by atoms with Crippen molar-refractivity contribution in [1.29, 1.82) is 0 Å². The van der Waals surface area contributed by atoms with E-state index in [1.807, 2.05) is 10.6 Å². The second-order valence-corrected chi connectivity index (χ2v) is 6.72. The Bertz CT molecular complexity index is 932. The highest BCUT2D eigenvalue weighted by molar-refractivity contribution is 5.64. The smallest absolute Gasteiger partial charge is 0.406 e. The lowest BCUT2D eigenvalue weighted by Gasteiger charge is -2.22. The monoisotopic (exact) mass is 376 g/mol. The van der Waals surface area contributed by atoms with E-state index < -0.39 is 6.36 Å². The summed E-state index contributed by atoms with van der Waals surface area (Å²) in [5, 5.41) is 3.35. The third kappa shape index (κ3) is 4.21. The molecule has 27 heavy (non-hydrogen) atoms. The molecule has 0 amide bonds. The summed E-state index contributed by atoms with van der Waals surface area (Å²) in [4.78, 5) is 8.81. The summed E-state index contributed by atoms with van der Waals surface area (Å²) in [5.41, 5.74) is 2.91. The van der Waals surface area contributed by atoms with Crippen LogP contribution < -0.4 is 10.1 Å². The Kier molecular flexibility index (Phi) is 4.73. The number of piperidine rings is 1. The van der Waals surface area contributed by atoms with Crippen LogP contribution in [0.1, 0.15) is 18.5 Å². The molecule has 2 aromatic heterocycles. The van der Waals surface area contributed by atoms with E-state index in [0.29, 0.717) is 22.8 Å². The predicted molar refractivity (Wildman–Crippen MR) is 94.4 cm³/mol. The van der Waals surface area contributed by atoms with Crippen LogP contribution in [0.5, 0.6) is 5.75 Å². The number of halogens is 3. The van der Waals surface area contributed by atoms with Gasteiger partial charge in [0.2, 0.25) is 0 Å². The quantitative estimate of drug-likeness (QED) is 0.752. The van der Waals surface area contributed by atoms with Crippen LogP contribution in [0.15, 0.2) is 42.9 Å². The van der Waals surface area contributed by atoms with Gasteiger partial charge in [0, 0.05) is 11.8 Å². The molecule has 8 heteroatoms. The number of nitrogens with one attached hydrogen (secondary N) is 1. The zero-order chi connectivity index (χ0) is 18.9. The van der Waals surface area contributed by atoms with Gasteiger partial charge in [-0.25, -0.2) is 4.98 Å². The van der Waals surface area contributed by atoms with E-state index >= 15 is 0 Å². The van der Waals surface area contributed by atoms with E-state index in [1.54, 1.807) is 18.5 Å². The molecule has 0 unspecified atom stereocenters. The van der Waals surface area contributed by atoms with Gasteiger partial charge in [-0.3, -0.25) is 9.38 Å². The molecule has 1 aliphatic rings. The Hall–Kier alpha value is -2.61. The van der Waals surface area contributed by atoms with Crippen molar-refractivity contribution in [2.45, 2.75) is 25.6 Å². The molecular weight excluding hydrogens is 357 g/mol. The summed E-state index contributed by atoms with van der Waals surface area (Å²) >= 11 is 0. The van der Waals surface area contributed by atoms with E-state index in [2.05, 4.69) is 20.0 Å². The predicted octanol–water partition coefficient (Wildman–Crippen LogP) is 3.84. The minimum Gasteiger partial charge on any atom is -0.406 e. The minimum absolute atomic E-state index is 0.251. The lowest BCUT2D eigenvalue weighted by molar-refractivity contribution is -0.274. The van der Waals surface area contributed by atoms with Crippen LogP contribution in [0.25, 0.3) is 16.9 Å². The van der Waals surface area contributed by atoms with E-state index in [1.165, 1.54) is 18.2 Å². The number of aromatic nitrogens is 3. The first kappa shape index (κ1) is 17.8. The Morgan fingerprint density at radius 3 is 2.74 bits per heavy atom. The van der Waals surface area contributed by atoms with Gasteiger partial charge in [0.05, 0.1) is 23.8 Å². The maximum atomic E-state index is 12.5. The van der Waals surface area contributed by atoms with Gasteiger partial charge in [-0.05, 0) is 50.4 Å². The van der Waals surface area contributed by atoms with Crippen LogP contribution in [-0.4, -0.2) is 33.8 Å². The molecule has 0 bridgehead atoms. The van der Waals surface area contributed by atoms with Crippen LogP contribution >= 0.6 is 0 Å². The van der Waals surface area contributed by atoms with E-state index in [4.69, 9.17) is 0 Å². The molecule has 0 saturated carbocycles. The third-order valence-electron chi connectivity index (χ3n) is 4.77. The Morgan fingerprint density at radius 2 is 1.96 bits per heavy atom. The second-order valence-electron chi connectivity index (χ2n) is 6.72. The highest BCUT2D eigenvalue weighted by Gasteiger charge is 2.31. The maximum Gasteiger partial charge on any atom is 0.573 e. The first-order chi connectivity index (χ1) is 13.0. The van der Waals surface area contributed by atoms with Crippen molar-refractivity contribution < 1.29 is 17.9 Å². The lowest BCUT2D eigenvalue weighted by atomic mass is 9.93. The molecule has 1 N–H and O–H groups in total. The fourth-order valence-electron chi connectivity index (χ4n) is 3.48. The Balaban J connectivity index is 1.64. The molecule has 1 saturated heterocycles. The number of alkyl halides is 3. The molecule has 0 atom stereocenters. The minimum atomic E-state index is -4.72. The molecular formula is C19H19F3N4O. The van der Waals surface area contributed by atoms with Gasteiger partial charge in [-0.15, -0.1) is 13.2 Å². The van der Waals surface area contributed by atoms with Crippen LogP contribution in [0.2, 0.25) is 0 Å². The summed E-state index contributed by atoms with van der Waals surface area (Å²) in [7, 11) is 0. The van der Waals surface area contributed by atoms with Gasteiger partial charge in [0.25, 0.3) is 0 Å². The van der Waals surface area contributed by atoms with Crippen LogP contribution in [0.3, 0.4) is 0 Å². The van der Waals surface area contributed by atoms with Crippen LogP contribution in [0, 0.1) is 5.92 Å². The highest BCUT2D eigenvalue weighted by atomic mass is 19.4. The Labute approximate surface area is 154 Å². The molecule has 1 fully saturated rings. The average molecular weight is 376 g/mol. The van der Waals surface area contributed by atoms with Crippen molar-refractivity contribution in [2.24, 2.45) is 5.92 Å². The molecule has 1 aromatic carbocycles. The second kappa shape index (κ2) is 7.19. The summed E-state index contributed by atoms with van der Waals surface area (Å²) < 4.78 is 43.4. The van der Waals surface area contributed by atoms with Crippen molar-refractivity contribution in [3.8, 4) is 17.0 Å². The van der Waals surface area contributed by atoms with Gasteiger partial charge in [-0.2, -0.15) is 0 Å². The first-order valence-electron chi connectivity index (χ1n) is 8.87. The number of nitrogens with zero attached hydrogens (tertiary/aromatic N) is 3. The average Bonchev–Trinajstić information content (AvgIpc) is 3.05. The number of benzene rings is 1. The van der Waals surface area contributed by atoms with Gasteiger partial charge >= 0.3 is 6.36 Å². The zero-order valence-corrected chi connectivity index (χ0v) is 14.5. The third-order valence-corrected chi connectivity index (χ3v) is 4.77. The summed E-state index contributed by atoms with van der Waals surface area (Å²) in [6.45, 7) is 2.05. The number of imidazole rings is 1. The van der Waals surface area contributed by atoms with Crippen molar-refractivity contribution in [2.75, 3.05) is 13.1 Å². The molecule has 0 radical (unpaired) electrons. The number of rotatable bonds is 4. The molecule has 3 aromatic rings. The van der Waals surface area contributed by atoms with E-state index in [9.17, 15) is 13.2 Å². The molecule has 5 nitrogen and oxygen atoms in total. The molecule has 3 heterocycles. The molecule has 142 valence electrons. The Morgan fingerprint density at radius 1 is 1.15 bits per heavy atom. The van der Waals surface area contributed by atoms with Crippen molar-refractivity contribution in [3.63, 3.8) is 0 Å².